The highest BCUT2D eigenvalue weighted by atomic mass is 16.1. The van der Waals surface area contributed by atoms with Gasteiger partial charge in [-0.25, -0.2) is 0 Å². The van der Waals surface area contributed by atoms with Crippen LogP contribution in [-0.4, -0.2) is 41.9 Å². The molecule has 0 saturated heterocycles. The van der Waals surface area contributed by atoms with Gasteiger partial charge in [0.25, 0.3) is 0 Å². The number of Topliss-reactive ketones (excluding diaryl/α,β-unsaturated/α-hetero) is 1. The van der Waals surface area contributed by atoms with Gasteiger partial charge in [0.1, 0.15) is 0 Å². The Morgan fingerprint density at radius 2 is 1.57 bits per heavy atom. The molecule has 1 aliphatic rings. The van der Waals surface area contributed by atoms with Crippen LogP contribution in [0.4, 0.5) is 0 Å². The minimum Gasteiger partial charge on any atom is -0.337 e. The van der Waals surface area contributed by atoms with Crippen molar-refractivity contribution < 1.29 is 4.79 Å². The average molecular weight is 421 g/mol. The summed E-state index contributed by atoms with van der Waals surface area (Å²) in [5, 5.41) is 3.26. The number of nitrogens with one attached hydrogen (secondary N) is 1. The maximum atomic E-state index is 12.5. The zero-order valence-corrected chi connectivity index (χ0v) is 20.0. The van der Waals surface area contributed by atoms with Gasteiger partial charge in [0.2, 0.25) is 0 Å². The minimum absolute atomic E-state index is 0.0457. The molecule has 0 bridgehead atoms. The van der Waals surface area contributed by atoms with Crippen molar-refractivity contribution in [3.8, 4) is 0 Å². The number of ketones is 1. The topological polar surface area (TPSA) is 70.7 Å². The van der Waals surface area contributed by atoms with Crippen LogP contribution in [0.25, 0.3) is 0 Å². The predicted octanol–water partition coefficient (Wildman–Crippen LogP) is 5.55. The molecule has 0 aliphatic carbocycles. The summed E-state index contributed by atoms with van der Waals surface area (Å²) in [5.74, 6) is 0.828. The van der Waals surface area contributed by atoms with Gasteiger partial charge in [-0.05, 0) is 46.0 Å². The van der Waals surface area contributed by atoms with Crippen LogP contribution in [0.15, 0.2) is 17.1 Å². The van der Waals surface area contributed by atoms with Crippen LogP contribution in [0.3, 0.4) is 0 Å². The highest BCUT2D eigenvalue weighted by Gasteiger charge is 2.27. The molecule has 174 valence electrons. The van der Waals surface area contributed by atoms with E-state index in [0.29, 0.717) is 18.8 Å². The van der Waals surface area contributed by atoms with E-state index in [0.717, 1.165) is 19.4 Å². The SMILES string of the molecule is CCCCCCCCC=CCCCCCCCC(=O)C1=NCCN1C(C)NC(C)N. The number of nitrogens with two attached hydrogens (primary N) is 1. The Morgan fingerprint density at radius 3 is 2.17 bits per heavy atom. The number of unbranched alkanes of at least 4 members (excludes halogenated alkanes) is 11. The van der Waals surface area contributed by atoms with Gasteiger partial charge >= 0.3 is 0 Å². The van der Waals surface area contributed by atoms with Crippen LogP contribution >= 0.6 is 0 Å². The standard InChI is InChI=1S/C25H48N4O/c1-4-5-6-7-8-9-10-11-12-13-14-15-16-17-18-19-24(30)25-27-20-21-29(25)23(3)28-22(2)26/h11-12,22-23,28H,4-10,13-21,26H2,1-3H3. The Hall–Kier alpha value is -1.20. The molecule has 1 rings (SSSR count). The predicted molar refractivity (Wildman–Crippen MR) is 130 cm³/mol. The number of hydrogen-bond donors (Lipinski definition) is 2. The number of allylic oxidation sites excluding steroid dienone is 2. The van der Waals surface area contributed by atoms with Gasteiger partial charge in [-0.3, -0.25) is 15.1 Å². The highest BCUT2D eigenvalue weighted by molar-refractivity contribution is 6.39. The van der Waals surface area contributed by atoms with Crippen molar-refractivity contribution in [3.63, 3.8) is 0 Å². The molecule has 5 heteroatoms. The molecular weight excluding hydrogens is 372 g/mol. The number of aliphatic imine (C=N–C) groups is 1. The summed E-state index contributed by atoms with van der Waals surface area (Å²) in [6.07, 6.45) is 21.8. The molecule has 0 spiro atoms. The van der Waals surface area contributed by atoms with Crippen LogP contribution in [-0.2, 0) is 4.79 Å². The van der Waals surface area contributed by atoms with Gasteiger partial charge in [-0.1, -0.05) is 70.4 Å². The van der Waals surface area contributed by atoms with Crippen LogP contribution in [0.1, 0.15) is 111 Å². The van der Waals surface area contributed by atoms with Crippen LogP contribution < -0.4 is 11.1 Å². The van der Waals surface area contributed by atoms with Gasteiger partial charge < -0.3 is 10.6 Å². The van der Waals surface area contributed by atoms with Crippen molar-refractivity contribution in [3.05, 3.63) is 12.2 Å². The third kappa shape index (κ3) is 12.5. The number of carbonyl (C=O) groups is 1. The smallest absolute Gasteiger partial charge is 0.197 e. The molecule has 0 amide bonds. The second-order valence-electron chi connectivity index (χ2n) is 8.79. The molecule has 0 aromatic carbocycles. The number of amidine groups is 1. The number of rotatable bonds is 19. The van der Waals surface area contributed by atoms with E-state index in [1.165, 1.54) is 70.6 Å². The summed E-state index contributed by atoms with van der Waals surface area (Å²) >= 11 is 0. The van der Waals surface area contributed by atoms with Crippen molar-refractivity contribution in [1.29, 1.82) is 0 Å². The fourth-order valence-corrected chi connectivity index (χ4v) is 4.02. The maximum Gasteiger partial charge on any atom is 0.197 e. The molecule has 1 heterocycles. The summed E-state index contributed by atoms with van der Waals surface area (Å²) in [6, 6.07) is 0. The molecule has 5 nitrogen and oxygen atoms in total. The van der Waals surface area contributed by atoms with Crippen molar-refractivity contribution in [2.45, 2.75) is 123 Å². The second-order valence-corrected chi connectivity index (χ2v) is 8.79. The lowest BCUT2D eigenvalue weighted by Crippen LogP contribution is -2.52. The average Bonchev–Trinajstić information content (AvgIpc) is 3.20. The van der Waals surface area contributed by atoms with Gasteiger partial charge in [0.05, 0.1) is 18.9 Å². The van der Waals surface area contributed by atoms with Gasteiger partial charge in [0, 0.05) is 13.0 Å². The number of nitrogens with zero attached hydrogens (tertiary/aromatic N) is 2. The summed E-state index contributed by atoms with van der Waals surface area (Å²) in [5.41, 5.74) is 5.81. The molecule has 2 atom stereocenters. The quantitative estimate of drug-likeness (QED) is 0.163. The van der Waals surface area contributed by atoms with Crippen molar-refractivity contribution >= 4 is 11.6 Å². The molecule has 0 radical (unpaired) electrons. The monoisotopic (exact) mass is 420 g/mol. The van der Waals surface area contributed by atoms with Crippen LogP contribution in [0.2, 0.25) is 0 Å². The number of carbonyl (C=O) groups excluding carboxylic acids is 1. The first-order valence-corrected chi connectivity index (χ1v) is 12.6. The zero-order valence-electron chi connectivity index (χ0n) is 20.0. The lowest BCUT2D eigenvalue weighted by molar-refractivity contribution is -0.113. The van der Waals surface area contributed by atoms with E-state index in [4.69, 9.17) is 5.73 Å². The van der Waals surface area contributed by atoms with Gasteiger partial charge in [-0.2, -0.15) is 0 Å². The number of hydrogen-bond acceptors (Lipinski definition) is 5. The Bertz CT molecular complexity index is 501. The van der Waals surface area contributed by atoms with Gasteiger partial charge in [0.15, 0.2) is 11.6 Å². The van der Waals surface area contributed by atoms with E-state index in [9.17, 15) is 4.79 Å². The Morgan fingerprint density at radius 1 is 1.00 bits per heavy atom. The highest BCUT2D eigenvalue weighted by Crippen LogP contribution is 2.13. The first-order valence-electron chi connectivity index (χ1n) is 12.6. The summed E-state index contributed by atoms with van der Waals surface area (Å²) in [6.45, 7) is 7.73. The summed E-state index contributed by atoms with van der Waals surface area (Å²) in [7, 11) is 0. The minimum atomic E-state index is -0.0950. The van der Waals surface area contributed by atoms with Gasteiger partial charge in [-0.15, -0.1) is 0 Å². The fourth-order valence-electron chi connectivity index (χ4n) is 4.02. The van der Waals surface area contributed by atoms with Crippen molar-refractivity contribution in [2.24, 2.45) is 10.7 Å². The lowest BCUT2D eigenvalue weighted by Gasteiger charge is -2.29. The molecule has 0 fully saturated rings. The Labute approximate surface area is 186 Å². The van der Waals surface area contributed by atoms with E-state index in [2.05, 4.69) is 34.3 Å². The zero-order chi connectivity index (χ0) is 22.0. The summed E-state index contributed by atoms with van der Waals surface area (Å²) < 4.78 is 0. The third-order valence-corrected chi connectivity index (χ3v) is 5.76. The van der Waals surface area contributed by atoms with Crippen molar-refractivity contribution in [2.75, 3.05) is 13.1 Å². The third-order valence-electron chi connectivity index (χ3n) is 5.76. The molecule has 0 saturated carbocycles. The molecule has 1 aliphatic heterocycles. The Kier molecular flexibility index (Phi) is 15.6. The molecule has 0 aromatic rings. The Balaban J connectivity index is 2.00. The molecule has 3 N–H and O–H groups in total. The lowest BCUT2D eigenvalue weighted by atomic mass is 10.1. The first-order chi connectivity index (χ1) is 14.6. The van der Waals surface area contributed by atoms with E-state index < -0.39 is 0 Å². The summed E-state index contributed by atoms with van der Waals surface area (Å²) in [4.78, 5) is 19.0. The van der Waals surface area contributed by atoms with E-state index in [1.54, 1.807) is 0 Å². The van der Waals surface area contributed by atoms with Crippen molar-refractivity contribution in [1.82, 2.24) is 10.2 Å². The van der Waals surface area contributed by atoms with E-state index in [-0.39, 0.29) is 18.1 Å². The van der Waals surface area contributed by atoms with Crippen LogP contribution in [0, 0.1) is 0 Å². The van der Waals surface area contributed by atoms with E-state index >= 15 is 0 Å². The van der Waals surface area contributed by atoms with Crippen LogP contribution in [0.5, 0.6) is 0 Å². The fraction of sp³-hybridized carbons (Fsp3) is 0.840. The molecule has 30 heavy (non-hydrogen) atoms. The van der Waals surface area contributed by atoms with E-state index in [1.807, 2.05) is 13.8 Å². The molecule has 2 unspecified atom stereocenters. The molecular formula is C25H48N4O. The molecule has 0 aromatic heterocycles. The maximum absolute atomic E-state index is 12.5. The normalized spacial score (nSPS) is 16.3. The first kappa shape index (κ1) is 26.8. The second kappa shape index (κ2) is 17.5. The largest absolute Gasteiger partial charge is 0.337 e.